The first kappa shape index (κ1) is 22.3. The normalized spacial score (nSPS) is 11.4. The number of hydrogen-bond donors (Lipinski definition) is 0. The number of unbranched alkanes of at least 4 members (excludes halogenated alkanes) is 6. The van der Waals surface area contributed by atoms with E-state index in [1.165, 1.54) is 49.7 Å². The summed E-state index contributed by atoms with van der Waals surface area (Å²) in [5.41, 5.74) is 2.37. The van der Waals surface area contributed by atoms with E-state index in [2.05, 4.69) is 26.0 Å². The Hall–Kier alpha value is -2.88. The van der Waals surface area contributed by atoms with Gasteiger partial charge >= 0.3 is 0 Å². The molecule has 0 spiro atoms. The lowest BCUT2D eigenvalue weighted by Gasteiger charge is -2.04. The molecule has 0 fully saturated rings. The second-order valence-electron chi connectivity index (χ2n) is 8.51. The Bertz CT molecular complexity index is 961. The van der Waals surface area contributed by atoms with Crippen molar-refractivity contribution in [3.8, 4) is 34.6 Å². The topological polar surface area (TPSA) is 52.6 Å². The first-order valence-electron chi connectivity index (χ1n) is 12.1. The van der Waals surface area contributed by atoms with Crippen LogP contribution in [0.1, 0.15) is 76.3 Å². The molecule has 0 aromatic carbocycles. The van der Waals surface area contributed by atoms with Crippen molar-refractivity contribution >= 4 is 0 Å². The van der Waals surface area contributed by atoms with Crippen LogP contribution in [0.25, 0.3) is 34.6 Å². The molecule has 4 heterocycles. The van der Waals surface area contributed by atoms with Crippen LogP contribution >= 0.6 is 0 Å². The van der Waals surface area contributed by atoms with E-state index in [4.69, 9.17) is 17.7 Å². The monoisotopic (exact) mass is 434 g/mol. The highest BCUT2D eigenvalue weighted by Crippen LogP contribution is 2.39. The van der Waals surface area contributed by atoms with Crippen LogP contribution in [0.3, 0.4) is 0 Å². The maximum absolute atomic E-state index is 6.38. The SMILES string of the molecule is CCCCCCc1cc(-c2ccco2)oc1-c1oc(-c2ccco2)cc1CCCCCC. The number of hydrogen-bond acceptors (Lipinski definition) is 4. The molecule has 0 saturated heterocycles. The maximum atomic E-state index is 6.38. The predicted octanol–water partition coefficient (Wildman–Crippen LogP) is 9.31. The summed E-state index contributed by atoms with van der Waals surface area (Å²) in [6.45, 7) is 4.48. The average molecular weight is 435 g/mol. The molecule has 4 aromatic rings. The standard InChI is InChI=1S/C28H34O4/c1-3-5-7-9-13-21-19-25(23-15-11-17-29-23)31-27(21)28-22(14-10-8-6-4-2)20-26(32-28)24-16-12-18-30-24/h11-12,15-20H,3-10,13-14H2,1-2H3. The second-order valence-corrected chi connectivity index (χ2v) is 8.51. The van der Waals surface area contributed by atoms with Gasteiger partial charge in [0.1, 0.15) is 0 Å². The highest BCUT2D eigenvalue weighted by molar-refractivity contribution is 5.68. The van der Waals surface area contributed by atoms with E-state index in [1.54, 1.807) is 12.5 Å². The van der Waals surface area contributed by atoms with Crippen molar-refractivity contribution in [1.29, 1.82) is 0 Å². The molecule has 0 amide bonds. The first-order chi connectivity index (χ1) is 15.8. The molecule has 0 bridgehead atoms. The van der Waals surface area contributed by atoms with Gasteiger partial charge < -0.3 is 17.7 Å². The second kappa shape index (κ2) is 11.1. The zero-order chi connectivity index (χ0) is 22.2. The lowest BCUT2D eigenvalue weighted by molar-refractivity contribution is 0.497. The van der Waals surface area contributed by atoms with Crippen molar-refractivity contribution in [1.82, 2.24) is 0 Å². The Morgan fingerprint density at radius 2 is 1.03 bits per heavy atom. The number of furan rings is 4. The van der Waals surface area contributed by atoms with Crippen LogP contribution in [0.5, 0.6) is 0 Å². The Labute approximate surface area is 190 Å². The van der Waals surface area contributed by atoms with Gasteiger partial charge in [0, 0.05) is 11.1 Å². The molecule has 4 rings (SSSR count). The van der Waals surface area contributed by atoms with Crippen molar-refractivity contribution in [2.24, 2.45) is 0 Å². The molecule has 32 heavy (non-hydrogen) atoms. The van der Waals surface area contributed by atoms with Crippen molar-refractivity contribution in [2.75, 3.05) is 0 Å². The van der Waals surface area contributed by atoms with Gasteiger partial charge in [0.25, 0.3) is 0 Å². The molecule has 0 saturated carbocycles. The fourth-order valence-electron chi connectivity index (χ4n) is 4.18. The van der Waals surface area contributed by atoms with Gasteiger partial charge in [0.05, 0.1) is 12.5 Å². The van der Waals surface area contributed by atoms with E-state index in [0.717, 1.165) is 60.2 Å². The lowest BCUT2D eigenvalue weighted by Crippen LogP contribution is -1.90. The maximum Gasteiger partial charge on any atom is 0.173 e. The Balaban J connectivity index is 1.69. The Morgan fingerprint density at radius 3 is 1.41 bits per heavy atom. The van der Waals surface area contributed by atoms with Gasteiger partial charge in [-0.1, -0.05) is 52.4 Å². The fraction of sp³-hybridized carbons (Fsp3) is 0.429. The minimum absolute atomic E-state index is 0.744. The van der Waals surface area contributed by atoms with E-state index < -0.39 is 0 Å². The van der Waals surface area contributed by atoms with E-state index in [0.29, 0.717) is 0 Å². The zero-order valence-corrected chi connectivity index (χ0v) is 19.3. The van der Waals surface area contributed by atoms with Crippen molar-refractivity contribution in [3.63, 3.8) is 0 Å². The van der Waals surface area contributed by atoms with Gasteiger partial charge in [0.2, 0.25) is 0 Å². The van der Waals surface area contributed by atoms with E-state index in [-0.39, 0.29) is 0 Å². The molecule has 170 valence electrons. The van der Waals surface area contributed by atoms with E-state index >= 15 is 0 Å². The molecule has 0 aliphatic carbocycles. The van der Waals surface area contributed by atoms with Crippen molar-refractivity contribution in [3.05, 3.63) is 60.1 Å². The van der Waals surface area contributed by atoms with Crippen LogP contribution in [0.15, 0.2) is 66.6 Å². The summed E-state index contributed by atoms with van der Waals surface area (Å²) in [7, 11) is 0. The van der Waals surface area contributed by atoms with Gasteiger partial charge in [-0.2, -0.15) is 0 Å². The van der Waals surface area contributed by atoms with Crippen LogP contribution in [-0.2, 0) is 12.8 Å². The minimum atomic E-state index is 0.744. The van der Waals surface area contributed by atoms with Crippen LogP contribution in [0.2, 0.25) is 0 Å². The molecule has 4 heteroatoms. The Morgan fingerprint density at radius 1 is 0.562 bits per heavy atom. The largest absolute Gasteiger partial charge is 0.461 e. The fourth-order valence-corrected chi connectivity index (χ4v) is 4.18. The summed E-state index contributed by atoms with van der Waals surface area (Å²) in [5.74, 6) is 4.65. The molecule has 4 nitrogen and oxygen atoms in total. The van der Waals surface area contributed by atoms with Crippen LogP contribution < -0.4 is 0 Å². The highest BCUT2D eigenvalue weighted by Gasteiger charge is 2.23. The highest BCUT2D eigenvalue weighted by atomic mass is 16.4. The van der Waals surface area contributed by atoms with Gasteiger partial charge in [0.15, 0.2) is 34.6 Å². The molecule has 0 unspecified atom stereocenters. The summed E-state index contributed by atoms with van der Waals surface area (Å²) in [6, 6.07) is 11.9. The van der Waals surface area contributed by atoms with Gasteiger partial charge in [-0.25, -0.2) is 0 Å². The van der Waals surface area contributed by atoms with E-state index in [9.17, 15) is 0 Å². The summed E-state index contributed by atoms with van der Waals surface area (Å²) >= 11 is 0. The first-order valence-corrected chi connectivity index (χ1v) is 12.1. The lowest BCUT2D eigenvalue weighted by atomic mass is 10.0. The van der Waals surface area contributed by atoms with Gasteiger partial charge in [-0.3, -0.25) is 0 Å². The van der Waals surface area contributed by atoms with Gasteiger partial charge in [-0.05, 0) is 62.1 Å². The Kier molecular flexibility index (Phi) is 7.76. The zero-order valence-electron chi connectivity index (χ0n) is 19.3. The molecule has 0 aliphatic heterocycles. The van der Waals surface area contributed by atoms with Crippen LogP contribution in [0, 0.1) is 0 Å². The third kappa shape index (κ3) is 5.29. The van der Waals surface area contributed by atoms with Crippen molar-refractivity contribution in [2.45, 2.75) is 78.1 Å². The van der Waals surface area contributed by atoms with Gasteiger partial charge in [-0.15, -0.1) is 0 Å². The summed E-state index contributed by atoms with van der Waals surface area (Å²) < 4.78 is 24.0. The van der Waals surface area contributed by atoms with Crippen molar-refractivity contribution < 1.29 is 17.7 Å². The van der Waals surface area contributed by atoms with Crippen LogP contribution in [-0.4, -0.2) is 0 Å². The molecule has 0 N–H and O–H groups in total. The summed E-state index contributed by atoms with van der Waals surface area (Å²) in [6.07, 6.45) is 15.0. The minimum Gasteiger partial charge on any atom is -0.461 e. The molecular weight excluding hydrogens is 400 g/mol. The molecule has 0 atom stereocenters. The van der Waals surface area contributed by atoms with Crippen LogP contribution in [0.4, 0.5) is 0 Å². The number of aryl methyl sites for hydroxylation is 2. The predicted molar refractivity (Wildman–Crippen MR) is 128 cm³/mol. The molecule has 4 aromatic heterocycles. The quantitative estimate of drug-likeness (QED) is 0.197. The summed E-state index contributed by atoms with van der Waals surface area (Å²) in [5, 5.41) is 0. The summed E-state index contributed by atoms with van der Waals surface area (Å²) in [4.78, 5) is 0. The van der Waals surface area contributed by atoms with E-state index in [1.807, 2.05) is 24.3 Å². The average Bonchev–Trinajstić information content (AvgIpc) is 3.60. The molecule has 0 radical (unpaired) electrons. The molecular formula is C28H34O4. The smallest absolute Gasteiger partial charge is 0.173 e. The third-order valence-electron chi connectivity index (χ3n) is 5.95. The molecule has 0 aliphatic rings. The number of rotatable bonds is 13. The third-order valence-corrected chi connectivity index (χ3v) is 5.95.